The summed E-state index contributed by atoms with van der Waals surface area (Å²) in [4.78, 5) is 25.8. The molecule has 3 aromatic rings. The Morgan fingerprint density at radius 2 is 1.47 bits per heavy atom. The third-order valence-electron chi connectivity index (χ3n) is 5.94. The van der Waals surface area contributed by atoms with Crippen molar-refractivity contribution in [2.75, 3.05) is 40.8 Å². The number of esters is 1. The van der Waals surface area contributed by atoms with Crippen molar-refractivity contribution >= 4 is 27.6 Å². The molecule has 38 heavy (non-hydrogen) atoms. The van der Waals surface area contributed by atoms with Crippen LogP contribution in [0, 0.1) is 0 Å². The molecule has 1 amide bonds. The monoisotopic (exact) mass is 542 g/mol. The molecule has 0 unspecified atom stereocenters. The summed E-state index contributed by atoms with van der Waals surface area (Å²) in [6, 6.07) is 16.7. The molecule has 0 aliphatic carbocycles. The zero-order chi connectivity index (χ0) is 27.9. The number of carbonyl (C=O) groups is 2. The van der Waals surface area contributed by atoms with E-state index in [-0.39, 0.29) is 34.1 Å². The van der Waals surface area contributed by atoms with E-state index in [0.29, 0.717) is 11.3 Å². The van der Waals surface area contributed by atoms with Crippen molar-refractivity contribution in [3.05, 3.63) is 77.9 Å². The fourth-order valence-corrected chi connectivity index (χ4v) is 5.21. The minimum absolute atomic E-state index is 0.0461. The second kappa shape index (κ2) is 12.4. The van der Waals surface area contributed by atoms with Gasteiger partial charge in [0.05, 0.1) is 50.6 Å². The van der Waals surface area contributed by atoms with E-state index in [1.165, 1.54) is 59.8 Å². The number of sulfonamides is 1. The largest absolute Gasteiger partial charge is 0.497 e. The molecule has 0 aromatic heterocycles. The summed E-state index contributed by atoms with van der Waals surface area (Å²) >= 11 is 0. The number of hydrogen-bond donors (Lipinski definition) is 1. The molecule has 0 radical (unpaired) electrons. The minimum Gasteiger partial charge on any atom is -0.497 e. The highest BCUT2D eigenvalue weighted by Crippen LogP contribution is 2.35. The van der Waals surface area contributed by atoms with Crippen LogP contribution in [-0.4, -0.2) is 60.1 Å². The first-order chi connectivity index (χ1) is 18.2. The van der Waals surface area contributed by atoms with Crippen molar-refractivity contribution < 1.29 is 37.0 Å². The van der Waals surface area contributed by atoms with Gasteiger partial charge in [0.25, 0.3) is 0 Å². The molecule has 1 N–H and O–H groups in total. The van der Waals surface area contributed by atoms with Crippen molar-refractivity contribution in [2.24, 2.45) is 0 Å². The minimum atomic E-state index is -3.95. The molecule has 11 heteroatoms. The van der Waals surface area contributed by atoms with Gasteiger partial charge >= 0.3 is 5.97 Å². The average molecular weight is 543 g/mol. The van der Waals surface area contributed by atoms with Crippen LogP contribution in [0.15, 0.2) is 71.6 Å². The Morgan fingerprint density at radius 1 is 0.868 bits per heavy atom. The lowest BCUT2D eigenvalue weighted by molar-refractivity contribution is -0.117. The molecule has 202 valence electrons. The number of rotatable bonds is 11. The summed E-state index contributed by atoms with van der Waals surface area (Å²) in [7, 11) is 3.04. The van der Waals surface area contributed by atoms with Crippen LogP contribution < -0.4 is 19.5 Å². The Kier molecular flexibility index (Phi) is 9.32. The number of benzene rings is 3. The van der Waals surface area contributed by atoms with Gasteiger partial charge in [-0.15, -0.1) is 0 Å². The van der Waals surface area contributed by atoms with Gasteiger partial charge in [0.1, 0.15) is 5.75 Å². The van der Waals surface area contributed by atoms with Gasteiger partial charge in [0, 0.05) is 25.6 Å². The second-order valence-electron chi connectivity index (χ2n) is 8.12. The number of carbonyl (C=O) groups excluding carboxylic acids is 2. The molecular formula is C27H30N2O8S. The van der Waals surface area contributed by atoms with Crippen molar-refractivity contribution in [3.63, 3.8) is 0 Å². The van der Waals surface area contributed by atoms with E-state index >= 15 is 0 Å². The Morgan fingerprint density at radius 3 is 2.03 bits per heavy atom. The molecule has 1 atom stereocenters. The van der Waals surface area contributed by atoms with E-state index < -0.39 is 27.9 Å². The molecule has 0 spiro atoms. The van der Waals surface area contributed by atoms with E-state index in [9.17, 15) is 18.0 Å². The number of anilines is 1. The van der Waals surface area contributed by atoms with E-state index in [2.05, 4.69) is 5.32 Å². The van der Waals surface area contributed by atoms with Gasteiger partial charge in [-0.2, -0.15) is 4.31 Å². The molecular weight excluding hydrogens is 512 g/mol. The van der Waals surface area contributed by atoms with E-state index in [4.69, 9.17) is 18.9 Å². The maximum atomic E-state index is 13.4. The topological polar surface area (TPSA) is 120 Å². The molecule has 0 fully saturated rings. The SMILES string of the molecule is COC(=O)c1cc(OC)c(OC)cc1NC(=O)C[C@@H](c1ccc(OC)cc1)N(C)S(=O)(=O)c1ccccc1. The van der Waals surface area contributed by atoms with Crippen molar-refractivity contribution in [3.8, 4) is 17.2 Å². The number of methoxy groups -OCH3 is 4. The van der Waals surface area contributed by atoms with Crippen LogP contribution in [0.25, 0.3) is 0 Å². The fraction of sp³-hybridized carbons (Fsp3) is 0.259. The molecule has 0 bridgehead atoms. The second-order valence-corrected chi connectivity index (χ2v) is 10.1. The lowest BCUT2D eigenvalue weighted by atomic mass is 10.0. The van der Waals surface area contributed by atoms with Crippen LogP contribution >= 0.6 is 0 Å². The van der Waals surface area contributed by atoms with Crippen LogP contribution in [0.5, 0.6) is 17.2 Å². The first kappa shape index (κ1) is 28.5. The fourth-order valence-electron chi connectivity index (χ4n) is 3.85. The Balaban J connectivity index is 1.99. The van der Waals surface area contributed by atoms with Gasteiger partial charge in [0.2, 0.25) is 15.9 Å². The van der Waals surface area contributed by atoms with Crippen molar-refractivity contribution in [1.82, 2.24) is 4.31 Å². The normalized spacial score (nSPS) is 11.9. The number of nitrogens with one attached hydrogen (secondary N) is 1. The zero-order valence-electron chi connectivity index (χ0n) is 21.8. The number of ether oxygens (including phenoxy) is 4. The third kappa shape index (κ3) is 6.24. The number of nitrogens with zero attached hydrogens (tertiary/aromatic N) is 1. The highest BCUT2D eigenvalue weighted by molar-refractivity contribution is 7.89. The number of hydrogen-bond acceptors (Lipinski definition) is 8. The average Bonchev–Trinajstić information content (AvgIpc) is 2.95. The Labute approximate surface area is 222 Å². The Hall–Kier alpha value is -4.09. The maximum Gasteiger partial charge on any atom is 0.340 e. The lowest BCUT2D eigenvalue weighted by Gasteiger charge is -2.28. The molecule has 3 aromatic carbocycles. The van der Waals surface area contributed by atoms with Crippen LogP contribution in [0.2, 0.25) is 0 Å². The van der Waals surface area contributed by atoms with E-state index in [1.807, 2.05) is 0 Å². The van der Waals surface area contributed by atoms with Gasteiger partial charge in [0.15, 0.2) is 11.5 Å². The summed E-state index contributed by atoms with van der Waals surface area (Å²) < 4.78 is 48.6. The van der Waals surface area contributed by atoms with Gasteiger partial charge < -0.3 is 24.3 Å². The van der Waals surface area contributed by atoms with Crippen LogP contribution in [0.4, 0.5) is 5.69 Å². The maximum absolute atomic E-state index is 13.4. The van der Waals surface area contributed by atoms with Crippen molar-refractivity contribution in [2.45, 2.75) is 17.4 Å². The predicted molar refractivity (Wildman–Crippen MR) is 141 cm³/mol. The summed E-state index contributed by atoms with van der Waals surface area (Å²) in [5.41, 5.74) is 0.745. The molecule has 0 aliphatic heterocycles. The van der Waals surface area contributed by atoms with Gasteiger partial charge in [-0.1, -0.05) is 30.3 Å². The van der Waals surface area contributed by atoms with Crippen LogP contribution in [0.3, 0.4) is 0 Å². The highest BCUT2D eigenvalue weighted by atomic mass is 32.2. The summed E-state index contributed by atoms with van der Waals surface area (Å²) in [6.45, 7) is 0. The summed E-state index contributed by atoms with van der Waals surface area (Å²) in [6.07, 6.45) is -0.260. The smallest absolute Gasteiger partial charge is 0.340 e. The quantitative estimate of drug-likeness (QED) is 0.363. The van der Waals surface area contributed by atoms with Gasteiger partial charge in [-0.3, -0.25) is 4.79 Å². The standard InChI is InChI=1S/C27H30N2O8S/c1-29(38(32,33)20-9-7-6-8-10-20)23(18-11-13-19(34-2)14-12-18)17-26(30)28-22-16-25(36-4)24(35-3)15-21(22)27(31)37-5/h6-16,23H,17H2,1-5H3,(H,28,30)/t23-/m0/s1. The third-order valence-corrected chi connectivity index (χ3v) is 7.82. The van der Waals surface area contributed by atoms with Crippen LogP contribution in [-0.2, 0) is 19.6 Å². The lowest BCUT2D eigenvalue weighted by Crippen LogP contribution is -2.34. The Bertz CT molecular complexity index is 1380. The zero-order valence-corrected chi connectivity index (χ0v) is 22.6. The number of amides is 1. The van der Waals surface area contributed by atoms with E-state index in [1.54, 1.807) is 42.5 Å². The molecule has 0 heterocycles. The molecule has 0 aliphatic rings. The molecule has 3 rings (SSSR count). The van der Waals surface area contributed by atoms with Crippen molar-refractivity contribution in [1.29, 1.82) is 0 Å². The summed E-state index contributed by atoms with van der Waals surface area (Å²) in [5.74, 6) is -0.102. The summed E-state index contributed by atoms with van der Waals surface area (Å²) in [5, 5.41) is 2.70. The highest BCUT2D eigenvalue weighted by Gasteiger charge is 2.31. The predicted octanol–water partition coefficient (Wildman–Crippen LogP) is 3.89. The van der Waals surface area contributed by atoms with Gasteiger partial charge in [-0.05, 0) is 29.8 Å². The van der Waals surface area contributed by atoms with Gasteiger partial charge in [-0.25, -0.2) is 13.2 Å². The van der Waals surface area contributed by atoms with E-state index in [0.717, 1.165) is 4.31 Å². The molecule has 0 saturated heterocycles. The first-order valence-electron chi connectivity index (χ1n) is 11.5. The molecule has 0 saturated carbocycles. The first-order valence-corrected chi connectivity index (χ1v) is 12.9. The molecule has 10 nitrogen and oxygen atoms in total. The van der Waals surface area contributed by atoms with Crippen LogP contribution in [0.1, 0.15) is 28.4 Å².